The number of carbonyl (C=O) groups excluding carboxylic acids is 1. The third-order valence-corrected chi connectivity index (χ3v) is 4.52. The van der Waals surface area contributed by atoms with Crippen molar-refractivity contribution in [3.05, 3.63) is 58.0 Å². The molecule has 1 amide bonds. The topological polar surface area (TPSA) is 106 Å². The SMILES string of the molecule is Cc1cc(N/C(CCc2ccnc(C(F)(F)F)c2Cl)=C(\N)C(C)NC=O)ncn1. The molecule has 1 unspecified atom stereocenters. The van der Waals surface area contributed by atoms with E-state index in [1.54, 1.807) is 19.9 Å². The average molecular weight is 429 g/mol. The van der Waals surface area contributed by atoms with Crippen molar-refractivity contribution in [1.29, 1.82) is 0 Å². The molecule has 2 aromatic rings. The highest BCUT2D eigenvalue weighted by atomic mass is 35.5. The van der Waals surface area contributed by atoms with Gasteiger partial charge in [0.15, 0.2) is 5.69 Å². The molecule has 0 saturated heterocycles. The number of alkyl halides is 3. The number of nitrogens with zero attached hydrogens (tertiary/aromatic N) is 3. The summed E-state index contributed by atoms with van der Waals surface area (Å²) in [6.07, 6.45) is -1.32. The van der Waals surface area contributed by atoms with Gasteiger partial charge in [-0.15, -0.1) is 0 Å². The van der Waals surface area contributed by atoms with Crippen molar-refractivity contribution in [2.24, 2.45) is 5.73 Å². The van der Waals surface area contributed by atoms with Crippen molar-refractivity contribution in [1.82, 2.24) is 20.3 Å². The van der Waals surface area contributed by atoms with Gasteiger partial charge in [-0.05, 0) is 38.3 Å². The zero-order valence-electron chi connectivity index (χ0n) is 15.7. The molecule has 0 radical (unpaired) electrons. The molecule has 2 aromatic heterocycles. The summed E-state index contributed by atoms with van der Waals surface area (Å²) in [5.41, 5.74) is 6.82. The Balaban J connectivity index is 2.31. The fraction of sp³-hybridized carbons (Fsp3) is 0.333. The minimum absolute atomic E-state index is 0.158. The van der Waals surface area contributed by atoms with Crippen LogP contribution in [0, 0.1) is 6.92 Å². The molecule has 4 N–H and O–H groups in total. The summed E-state index contributed by atoms with van der Waals surface area (Å²) in [6.45, 7) is 3.46. The number of rotatable bonds is 8. The highest BCUT2D eigenvalue weighted by Gasteiger charge is 2.35. The number of hydrogen-bond donors (Lipinski definition) is 3. The molecule has 7 nitrogen and oxygen atoms in total. The number of pyridine rings is 1. The van der Waals surface area contributed by atoms with Gasteiger partial charge in [0, 0.05) is 23.7 Å². The van der Waals surface area contributed by atoms with E-state index in [1.807, 2.05) is 0 Å². The molecular formula is C18H20ClF3N6O. The lowest BCUT2D eigenvalue weighted by Crippen LogP contribution is -2.32. The molecule has 0 bridgehead atoms. The van der Waals surface area contributed by atoms with E-state index >= 15 is 0 Å². The Morgan fingerprint density at radius 3 is 2.69 bits per heavy atom. The minimum atomic E-state index is -4.65. The largest absolute Gasteiger partial charge is 0.434 e. The summed E-state index contributed by atoms with van der Waals surface area (Å²) in [5.74, 6) is 0.463. The van der Waals surface area contributed by atoms with Crippen LogP contribution in [-0.2, 0) is 17.4 Å². The van der Waals surface area contributed by atoms with Gasteiger partial charge in [0.2, 0.25) is 6.41 Å². The predicted octanol–water partition coefficient (Wildman–Crippen LogP) is 3.20. The molecule has 0 fully saturated rings. The summed E-state index contributed by atoms with van der Waals surface area (Å²) < 4.78 is 39.1. The zero-order valence-corrected chi connectivity index (χ0v) is 16.5. The van der Waals surface area contributed by atoms with Crippen LogP contribution < -0.4 is 16.4 Å². The quantitative estimate of drug-likeness (QED) is 0.557. The maximum Gasteiger partial charge on any atom is 0.434 e. The van der Waals surface area contributed by atoms with Gasteiger partial charge in [0.25, 0.3) is 0 Å². The first kappa shape index (κ1) is 22.4. The van der Waals surface area contributed by atoms with Crippen LogP contribution in [0.15, 0.2) is 36.1 Å². The van der Waals surface area contributed by atoms with Gasteiger partial charge in [-0.25, -0.2) is 9.97 Å². The number of amides is 1. The second kappa shape index (κ2) is 9.55. The molecule has 0 aliphatic carbocycles. The van der Waals surface area contributed by atoms with E-state index in [0.29, 0.717) is 29.3 Å². The monoisotopic (exact) mass is 428 g/mol. The summed E-state index contributed by atoms with van der Waals surface area (Å²) in [5, 5.41) is 5.15. The van der Waals surface area contributed by atoms with Crippen molar-refractivity contribution >= 4 is 23.8 Å². The molecule has 11 heteroatoms. The van der Waals surface area contributed by atoms with E-state index in [-0.39, 0.29) is 18.4 Å². The number of hydrogen-bond acceptors (Lipinski definition) is 6. The van der Waals surface area contributed by atoms with Gasteiger partial charge >= 0.3 is 6.18 Å². The molecule has 0 aliphatic rings. The number of aromatic nitrogens is 3. The normalized spacial score (nSPS) is 13.4. The number of anilines is 1. The molecule has 1 atom stereocenters. The Hall–Kier alpha value is -2.88. The minimum Gasteiger partial charge on any atom is -0.399 e. The molecule has 156 valence electrons. The van der Waals surface area contributed by atoms with E-state index < -0.39 is 22.9 Å². The maximum absolute atomic E-state index is 13.0. The fourth-order valence-corrected chi connectivity index (χ4v) is 2.86. The van der Waals surface area contributed by atoms with Crippen LogP contribution >= 0.6 is 11.6 Å². The van der Waals surface area contributed by atoms with E-state index in [9.17, 15) is 18.0 Å². The van der Waals surface area contributed by atoms with Crippen molar-refractivity contribution in [2.75, 3.05) is 5.32 Å². The van der Waals surface area contributed by atoms with Gasteiger partial charge < -0.3 is 16.4 Å². The van der Waals surface area contributed by atoms with Crippen LogP contribution in [0.1, 0.15) is 30.3 Å². The molecule has 2 heterocycles. The summed E-state index contributed by atoms with van der Waals surface area (Å²) in [7, 11) is 0. The van der Waals surface area contributed by atoms with Crippen molar-refractivity contribution < 1.29 is 18.0 Å². The second-order valence-electron chi connectivity index (χ2n) is 6.24. The molecule has 29 heavy (non-hydrogen) atoms. The number of aryl methyl sites for hydroxylation is 2. The number of allylic oxidation sites excluding steroid dienone is 1. The van der Waals surface area contributed by atoms with Gasteiger partial charge in [-0.1, -0.05) is 11.6 Å². The Bertz CT molecular complexity index is 903. The lowest BCUT2D eigenvalue weighted by molar-refractivity contribution is -0.141. The van der Waals surface area contributed by atoms with Crippen LogP contribution in [0.3, 0.4) is 0 Å². The Morgan fingerprint density at radius 2 is 2.07 bits per heavy atom. The van der Waals surface area contributed by atoms with E-state index in [0.717, 1.165) is 6.20 Å². The number of nitrogens with one attached hydrogen (secondary N) is 2. The lowest BCUT2D eigenvalue weighted by Gasteiger charge is -2.19. The first-order chi connectivity index (χ1) is 13.6. The zero-order chi connectivity index (χ0) is 21.6. The second-order valence-corrected chi connectivity index (χ2v) is 6.62. The van der Waals surface area contributed by atoms with Crippen LogP contribution in [0.25, 0.3) is 0 Å². The Kier molecular flexibility index (Phi) is 7.38. The standard InChI is InChI=1S/C18H20ClF3N6O/c1-10-7-14(26-8-25-10)28-13(16(23)11(2)27-9-29)4-3-12-5-6-24-17(15(12)19)18(20,21)22/h5-9,11H,3-4,23H2,1-2H3,(H,27,29)(H,25,26,28)/b16-13-. The third-order valence-electron chi connectivity index (χ3n) is 4.10. The summed E-state index contributed by atoms with van der Waals surface area (Å²) in [6, 6.07) is 2.61. The van der Waals surface area contributed by atoms with Crippen molar-refractivity contribution in [3.8, 4) is 0 Å². The number of carbonyl (C=O) groups is 1. The average Bonchev–Trinajstić information content (AvgIpc) is 2.64. The molecule has 0 saturated carbocycles. The van der Waals surface area contributed by atoms with E-state index in [2.05, 4.69) is 25.6 Å². The molecular weight excluding hydrogens is 409 g/mol. The Morgan fingerprint density at radius 1 is 1.34 bits per heavy atom. The van der Waals surface area contributed by atoms with Crippen molar-refractivity contribution in [3.63, 3.8) is 0 Å². The molecule has 0 aliphatic heterocycles. The highest BCUT2D eigenvalue weighted by Crippen LogP contribution is 2.35. The van der Waals surface area contributed by atoms with Crippen LogP contribution in [0.2, 0.25) is 5.02 Å². The van der Waals surface area contributed by atoms with Crippen LogP contribution in [-0.4, -0.2) is 27.4 Å². The molecule has 2 rings (SSSR count). The first-order valence-corrected chi connectivity index (χ1v) is 8.95. The van der Waals surface area contributed by atoms with Crippen molar-refractivity contribution in [2.45, 2.75) is 38.9 Å². The Labute approximate surface area is 170 Å². The first-order valence-electron chi connectivity index (χ1n) is 8.58. The predicted molar refractivity (Wildman–Crippen MR) is 103 cm³/mol. The fourth-order valence-electron chi connectivity index (χ4n) is 2.54. The maximum atomic E-state index is 13.0. The molecule has 0 spiro atoms. The lowest BCUT2D eigenvalue weighted by atomic mass is 10.0. The third kappa shape index (κ3) is 6.05. The number of nitrogens with two attached hydrogens (primary N) is 1. The van der Waals surface area contributed by atoms with E-state index in [4.69, 9.17) is 17.3 Å². The van der Waals surface area contributed by atoms with Gasteiger partial charge in [0.1, 0.15) is 12.1 Å². The van der Waals surface area contributed by atoms with Gasteiger partial charge in [-0.2, -0.15) is 13.2 Å². The van der Waals surface area contributed by atoms with E-state index in [1.165, 1.54) is 12.4 Å². The smallest absolute Gasteiger partial charge is 0.399 e. The highest BCUT2D eigenvalue weighted by molar-refractivity contribution is 6.32. The summed E-state index contributed by atoms with van der Waals surface area (Å²) >= 11 is 5.92. The van der Waals surface area contributed by atoms with Crippen LogP contribution in [0.4, 0.5) is 19.0 Å². The summed E-state index contributed by atoms with van der Waals surface area (Å²) in [4.78, 5) is 22.2. The van der Waals surface area contributed by atoms with Gasteiger partial charge in [-0.3, -0.25) is 9.78 Å². The number of halogens is 4. The molecule has 0 aromatic carbocycles. The van der Waals surface area contributed by atoms with Gasteiger partial charge in [0.05, 0.1) is 16.8 Å². The van der Waals surface area contributed by atoms with Crippen LogP contribution in [0.5, 0.6) is 0 Å².